The van der Waals surface area contributed by atoms with Crippen molar-refractivity contribution in [2.75, 3.05) is 31.1 Å². The van der Waals surface area contributed by atoms with Gasteiger partial charge in [0.25, 0.3) is 0 Å². The summed E-state index contributed by atoms with van der Waals surface area (Å²) >= 11 is 0. The Hall–Kier alpha value is -2.74. The summed E-state index contributed by atoms with van der Waals surface area (Å²) in [6.45, 7) is 11.4. The largest absolute Gasteiger partial charge is 0.356 e. The van der Waals surface area contributed by atoms with Crippen LogP contribution in [0.5, 0.6) is 0 Å². The monoisotopic (exact) mass is 378 g/mol. The Bertz CT molecular complexity index is 976. The number of aryl methyl sites for hydroxylation is 3. The molecular formula is C20H26N8. The summed E-state index contributed by atoms with van der Waals surface area (Å²) in [7, 11) is 0. The van der Waals surface area contributed by atoms with Crippen LogP contribution in [-0.2, 0) is 6.54 Å². The zero-order chi connectivity index (χ0) is 19.3. The number of aromatic amines is 1. The van der Waals surface area contributed by atoms with Crippen LogP contribution in [0.1, 0.15) is 22.8 Å². The van der Waals surface area contributed by atoms with E-state index in [0.29, 0.717) is 11.8 Å². The molecule has 5 heterocycles. The third kappa shape index (κ3) is 3.17. The van der Waals surface area contributed by atoms with Gasteiger partial charge in [-0.2, -0.15) is 10.2 Å². The molecule has 3 aromatic heterocycles. The number of H-pyrrole nitrogens is 1. The highest BCUT2D eigenvalue weighted by Gasteiger charge is 2.40. The van der Waals surface area contributed by atoms with Gasteiger partial charge in [-0.3, -0.25) is 10.00 Å². The van der Waals surface area contributed by atoms with Gasteiger partial charge in [-0.1, -0.05) is 0 Å². The topological polar surface area (TPSA) is 78.8 Å². The lowest BCUT2D eigenvalue weighted by Gasteiger charge is -2.22. The molecule has 0 aliphatic carbocycles. The molecule has 146 valence electrons. The second kappa shape index (κ2) is 6.70. The first-order valence-electron chi connectivity index (χ1n) is 9.89. The highest BCUT2D eigenvalue weighted by Crippen LogP contribution is 2.34. The molecule has 2 atom stereocenters. The van der Waals surface area contributed by atoms with Crippen molar-refractivity contribution in [3.05, 3.63) is 47.3 Å². The summed E-state index contributed by atoms with van der Waals surface area (Å²) in [5.74, 6) is 3.21. The number of nitrogens with one attached hydrogen (secondary N) is 1. The van der Waals surface area contributed by atoms with Crippen molar-refractivity contribution >= 4 is 5.82 Å². The van der Waals surface area contributed by atoms with Gasteiger partial charge in [-0.15, -0.1) is 0 Å². The van der Waals surface area contributed by atoms with Crippen LogP contribution in [0.25, 0.3) is 5.82 Å². The first-order chi connectivity index (χ1) is 13.5. The lowest BCUT2D eigenvalue weighted by Crippen LogP contribution is -2.29. The van der Waals surface area contributed by atoms with Crippen LogP contribution in [0.2, 0.25) is 0 Å². The van der Waals surface area contributed by atoms with Gasteiger partial charge in [0.05, 0.1) is 11.4 Å². The molecule has 5 rings (SSSR count). The first kappa shape index (κ1) is 17.4. The van der Waals surface area contributed by atoms with E-state index in [9.17, 15) is 0 Å². The maximum atomic E-state index is 4.55. The number of fused-ring (bicyclic) bond motifs is 1. The van der Waals surface area contributed by atoms with Gasteiger partial charge < -0.3 is 4.90 Å². The van der Waals surface area contributed by atoms with E-state index in [1.54, 1.807) is 6.33 Å². The number of hydrogen-bond acceptors (Lipinski definition) is 6. The molecule has 0 amide bonds. The Morgan fingerprint density at radius 1 is 0.964 bits per heavy atom. The van der Waals surface area contributed by atoms with Crippen LogP contribution < -0.4 is 4.90 Å². The average Bonchev–Trinajstić information content (AvgIpc) is 3.40. The summed E-state index contributed by atoms with van der Waals surface area (Å²) in [4.78, 5) is 13.9. The maximum absolute atomic E-state index is 4.55. The van der Waals surface area contributed by atoms with E-state index < -0.39 is 0 Å². The lowest BCUT2D eigenvalue weighted by atomic mass is 10.0. The molecule has 0 spiro atoms. The zero-order valence-corrected chi connectivity index (χ0v) is 16.6. The molecule has 2 saturated heterocycles. The molecule has 8 nitrogen and oxygen atoms in total. The molecule has 0 bridgehead atoms. The Labute approximate surface area is 164 Å². The number of rotatable bonds is 4. The standard InChI is InChI=1S/C20H26N8/c1-13-5-18(24-23-13)11-26-7-16-9-27(10-17(16)8-26)19-6-20(22-12-21-19)28-15(3)4-14(2)25-28/h4-6,12,16-17H,7-11H2,1-3H3,(H,23,24). The molecule has 0 radical (unpaired) electrons. The quantitative estimate of drug-likeness (QED) is 0.747. The molecule has 0 saturated carbocycles. The number of likely N-dealkylation sites (tertiary alicyclic amines) is 1. The Balaban J connectivity index is 1.27. The Kier molecular flexibility index (Phi) is 4.16. The third-order valence-corrected chi connectivity index (χ3v) is 5.90. The smallest absolute Gasteiger partial charge is 0.159 e. The van der Waals surface area contributed by atoms with E-state index in [4.69, 9.17) is 0 Å². The van der Waals surface area contributed by atoms with Gasteiger partial charge in [0.1, 0.15) is 12.1 Å². The van der Waals surface area contributed by atoms with Crippen LogP contribution in [0, 0.1) is 32.6 Å². The van der Waals surface area contributed by atoms with Crippen LogP contribution in [0.4, 0.5) is 5.82 Å². The van der Waals surface area contributed by atoms with Gasteiger partial charge in [0.15, 0.2) is 5.82 Å². The summed E-state index contributed by atoms with van der Waals surface area (Å²) in [6.07, 6.45) is 1.65. The first-order valence-corrected chi connectivity index (χ1v) is 9.89. The molecule has 28 heavy (non-hydrogen) atoms. The van der Waals surface area contributed by atoms with Gasteiger partial charge >= 0.3 is 0 Å². The molecule has 2 fully saturated rings. The average molecular weight is 378 g/mol. The van der Waals surface area contributed by atoms with Crippen molar-refractivity contribution in [1.82, 2.24) is 34.8 Å². The summed E-state index contributed by atoms with van der Waals surface area (Å²) in [6, 6.07) is 6.27. The summed E-state index contributed by atoms with van der Waals surface area (Å²) < 4.78 is 1.89. The van der Waals surface area contributed by atoms with Crippen molar-refractivity contribution in [3.8, 4) is 5.82 Å². The minimum atomic E-state index is 0.687. The third-order valence-electron chi connectivity index (χ3n) is 5.90. The molecule has 2 aliphatic heterocycles. The molecule has 2 unspecified atom stereocenters. The van der Waals surface area contributed by atoms with Crippen LogP contribution >= 0.6 is 0 Å². The molecule has 1 N–H and O–H groups in total. The van der Waals surface area contributed by atoms with E-state index in [2.05, 4.69) is 67.1 Å². The molecule has 3 aromatic rings. The van der Waals surface area contributed by atoms with E-state index in [1.807, 2.05) is 11.6 Å². The highest BCUT2D eigenvalue weighted by atomic mass is 15.3. The van der Waals surface area contributed by atoms with Crippen LogP contribution in [0.3, 0.4) is 0 Å². The maximum Gasteiger partial charge on any atom is 0.159 e. The van der Waals surface area contributed by atoms with E-state index in [-0.39, 0.29) is 0 Å². The minimum absolute atomic E-state index is 0.687. The van der Waals surface area contributed by atoms with Gasteiger partial charge in [0, 0.05) is 50.2 Å². The molecular weight excluding hydrogens is 352 g/mol. The lowest BCUT2D eigenvalue weighted by molar-refractivity contribution is 0.305. The van der Waals surface area contributed by atoms with Gasteiger partial charge in [0.2, 0.25) is 0 Å². The summed E-state index contributed by atoms with van der Waals surface area (Å²) in [5, 5.41) is 12.0. The predicted molar refractivity (Wildman–Crippen MR) is 106 cm³/mol. The van der Waals surface area contributed by atoms with E-state index in [0.717, 1.165) is 67.1 Å². The highest BCUT2D eigenvalue weighted by molar-refractivity contribution is 5.45. The van der Waals surface area contributed by atoms with Gasteiger partial charge in [-0.05, 0) is 44.7 Å². The Morgan fingerprint density at radius 3 is 2.36 bits per heavy atom. The fourth-order valence-electron chi connectivity index (χ4n) is 4.68. The summed E-state index contributed by atoms with van der Waals surface area (Å²) in [5.41, 5.74) is 4.35. The van der Waals surface area contributed by atoms with Crippen molar-refractivity contribution in [2.45, 2.75) is 27.3 Å². The second-order valence-electron chi connectivity index (χ2n) is 8.23. The number of nitrogens with zero attached hydrogens (tertiary/aromatic N) is 7. The fraction of sp³-hybridized carbons (Fsp3) is 0.500. The van der Waals surface area contributed by atoms with Crippen molar-refractivity contribution in [3.63, 3.8) is 0 Å². The fourth-order valence-corrected chi connectivity index (χ4v) is 4.68. The Morgan fingerprint density at radius 2 is 1.71 bits per heavy atom. The van der Waals surface area contributed by atoms with Crippen molar-refractivity contribution < 1.29 is 0 Å². The van der Waals surface area contributed by atoms with Crippen molar-refractivity contribution in [2.24, 2.45) is 11.8 Å². The minimum Gasteiger partial charge on any atom is -0.356 e. The van der Waals surface area contributed by atoms with Gasteiger partial charge in [-0.25, -0.2) is 14.6 Å². The number of anilines is 1. The van der Waals surface area contributed by atoms with Crippen molar-refractivity contribution in [1.29, 1.82) is 0 Å². The van der Waals surface area contributed by atoms with Crippen LogP contribution in [-0.4, -0.2) is 61.0 Å². The predicted octanol–water partition coefficient (Wildman–Crippen LogP) is 1.88. The van der Waals surface area contributed by atoms with E-state index in [1.165, 1.54) is 0 Å². The van der Waals surface area contributed by atoms with E-state index >= 15 is 0 Å². The molecule has 8 heteroatoms. The number of aromatic nitrogens is 6. The SMILES string of the molecule is Cc1cc(C)n(-c2cc(N3CC4CN(Cc5cc(C)[nH]n5)CC4C3)ncn2)n1. The number of hydrogen-bond donors (Lipinski definition) is 1. The normalized spacial score (nSPS) is 22.2. The molecule has 0 aromatic carbocycles. The van der Waals surface area contributed by atoms with Crippen LogP contribution in [0.15, 0.2) is 24.5 Å². The second-order valence-corrected chi connectivity index (χ2v) is 8.23. The zero-order valence-electron chi connectivity index (χ0n) is 16.6. The molecule has 2 aliphatic rings.